The Hall–Kier alpha value is -3.04. The Labute approximate surface area is 228 Å². The zero-order chi connectivity index (χ0) is 25.8. The highest BCUT2D eigenvalue weighted by atomic mass is 35.5. The molecule has 10 heteroatoms. The van der Waals surface area contributed by atoms with Gasteiger partial charge in [0, 0.05) is 15.7 Å². The molecule has 1 saturated heterocycles. The minimum absolute atomic E-state index is 0.222. The maximum atomic E-state index is 13.1. The van der Waals surface area contributed by atoms with E-state index in [2.05, 4.69) is 5.32 Å². The molecule has 0 radical (unpaired) electrons. The molecule has 1 aliphatic heterocycles. The van der Waals surface area contributed by atoms with E-state index in [0.29, 0.717) is 47.7 Å². The molecule has 184 valence electrons. The number of anilines is 2. The Morgan fingerprint density at radius 1 is 1.11 bits per heavy atom. The number of aryl methyl sites for hydroxylation is 1. The molecule has 3 aromatic carbocycles. The van der Waals surface area contributed by atoms with Crippen LogP contribution in [-0.2, 0) is 9.59 Å². The Bertz CT molecular complexity index is 1390. The maximum Gasteiger partial charge on any atom is 0.270 e. The summed E-state index contributed by atoms with van der Waals surface area (Å²) in [5.74, 6) is 0.225. The van der Waals surface area contributed by atoms with Crippen LogP contribution in [0.2, 0.25) is 10.0 Å². The summed E-state index contributed by atoms with van der Waals surface area (Å²) in [5, 5.41) is 3.80. The van der Waals surface area contributed by atoms with Gasteiger partial charge in [-0.1, -0.05) is 65.4 Å². The van der Waals surface area contributed by atoms with E-state index < -0.39 is 0 Å². The zero-order valence-corrected chi connectivity index (χ0v) is 22.4. The number of halogens is 2. The van der Waals surface area contributed by atoms with E-state index in [4.69, 9.17) is 44.9 Å². The van der Waals surface area contributed by atoms with E-state index in [-0.39, 0.29) is 18.4 Å². The van der Waals surface area contributed by atoms with Crippen molar-refractivity contribution in [1.82, 2.24) is 0 Å². The quantitative estimate of drug-likeness (QED) is 0.256. The van der Waals surface area contributed by atoms with E-state index in [1.54, 1.807) is 54.6 Å². The van der Waals surface area contributed by atoms with Gasteiger partial charge in [0.1, 0.15) is 0 Å². The topological polar surface area (TPSA) is 67.9 Å². The molecule has 6 nitrogen and oxygen atoms in total. The van der Waals surface area contributed by atoms with Crippen molar-refractivity contribution >= 4 is 80.8 Å². The minimum atomic E-state index is -0.344. The highest BCUT2D eigenvalue weighted by Gasteiger charge is 2.33. The fraction of sp³-hybridized carbons (Fsp3) is 0.115. The van der Waals surface area contributed by atoms with Gasteiger partial charge in [0.25, 0.3) is 11.8 Å². The van der Waals surface area contributed by atoms with Crippen LogP contribution < -0.4 is 19.7 Å². The van der Waals surface area contributed by atoms with Crippen molar-refractivity contribution in [2.75, 3.05) is 23.9 Å². The number of nitrogens with one attached hydrogen (secondary N) is 1. The highest BCUT2D eigenvalue weighted by molar-refractivity contribution is 8.27. The van der Waals surface area contributed by atoms with E-state index in [1.807, 2.05) is 19.1 Å². The summed E-state index contributed by atoms with van der Waals surface area (Å²) in [6, 6.07) is 17.4. The van der Waals surface area contributed by atoms with Crippen LogP contribution in [0.25, 0.3) is 6.08 Å². The van der Waals surface area contributed by atoms with Crippen LogP contribution in [0.1, 0.15) is 11.1 Å². The number of rotatable bonds is 7. The summed E-state index contributed by atoms with van der Waals surface area (Å²) in [6.45, 7) is 1.67. The van der Waals surface area contributed by atoms with Gasteiger partial charge in [-0.15, -0.1) is 0 Å². The molecule has 0 spiro atoms. The summed E-state index contributed by atoms with van der Waals surface area (Å²) in [4.78, 5) is 27.3. The Balaban J connectivity index is 1.46. The molecule has 0 unspecified atom stereocenters. The first-order valence-electron chi connectivity index (χ1n) is 10.7. The lowest BCUT2D eigenvalue weighted by molar-refractivity contribution is -0.118. The molecule has 0 atom stereocenters. The Kier molecular flexibility index (Phi) is 8.21. The molecule has 1 heterocycles. The van der Waals surface area contributed by atoms with Crippen LogP contribution in [0.4, 0.5) is 11.4 Å². The standard InChI is InChI=1S/C26H20Cl2N2O4S2/c1-15-6-8-19(13-20(15)28)30-25(32)23(36-26(30)35)11-16-7-9-21(22(10-16)33-2)34-14-24(31)29-18-5-3-4-17(27)12-18/h3-13H,14H2,1-2H3,(H,29,31)/b23-11-. The fourth-order valence-electron chi connectivity index (χ4n) is 3.36. The third kappa shape index (κ3) is 6.02. The van der Waals surface area contributed by atoms with E-state index in [9.17, 15) is 9.59 Å². The number of carbonyl (C=O) groups excluding carboxylic acids is 2. The molecule has 4 rings (SSSR count). The molecular formula is C26H20Cl2N2O4S2. The number of carbonyl (C=O) groups is 2. The van der Waals surface area contributed by atoms with Gasteiger partial charge in [-0.2, -0.15) is 0 Å². The van der Waals surface area contributed by atoms with Crippen LogP contribution >= 0.6 is 47.2 Å². The second-order valence-corrected chi connectivity index (χ2v) is 10.2. The smallest absolute Gasteiger partial charge is 0.270 e. The number of benzene rings is 3. The van der Waals surface area contributed by atoms with Crippen molar-refractivity contribution in [2.24, 2.45) is 0 Å². The van der Waals surface area contributed by atoms with Crippen LogP contribution in [0.5, 0.6) is 11.5 Å². The van der Waals surface area contributed by atoms with Crippen LogP contribution in [-0.4, -0.2) is 29.9 Å². The predicted molar refractivity (Wildman–Crippen MR) is 150 cm³/mol. The van der Waals surface area contributed by atoms with Crippen LogP contribution in [0, 0.1) is 6.92 Å². The average molecular weight is 559 g/mol. The average Bonchev–Trinajstić information content (AvgIpc) is 3.12. The van der Waals surface area contributed by atoms with Crippen LogP contribution in [0.3, 0.4) is 0 Å². The summed E-state index contributed by atoms with van der Waals surface area (Å²) in [6.07, 6.45) is 1.73. The summed E-state index contributed by atoms with van der Waals surface area (Å²) >= 11 is 18.8. The first-order chi connectivity index (χ1) is 17.2. The van der Waals surface area contributed by atoms with Gasteiger partial charge in [-0.25, -0.2) is 0 Å². The van der Waals surface area contributed by atoms with Crippen molar-refractivity contribution in [2.45, 2.75) is 6.92 Å². The summed E-state index contributed by atoms with van der Waals surface area (Å²) in [5.41, 5.74) is 2.82. The number of methoxy groups -OCH3 is 1. The minimum Gasteiger partial charge on any atom is -0.493 e. The third-order valence-electron chi connectivity index (χ3n) is 5.16. The monoisotopic (exact) mass is 558 g/mol. The number of hydrogen-bond donors (Lipinski definition) is 1. The van der Waals surface area contributed by atoms with Gasteiger partial charge < -0.3 is 14.8 Å². The fourth-order valence-corrected chi connectivity index (χ4v) is 5.03. The van der Waals surface area contributed by atoms with Gasteiger partial charge in [0.2, 0.25) is 0 Å². The molecule has 1 fully saturated rings. The number of thioether (sulfide) groups is 1. The van der Waals surface area contributed by atoms with Gasteiger partial charge in [-0.3, -0.25) is 14.5 Å². The summed E-state index contributed by atoms with van der Waals surface area (Å²) < 4.78 is 11.5. The normalized spacial score (nSPS) is 14.3. The lowest BCUT2D eigenvalue weighted by atomic mass is 10.1. The molecule has 3 aromatic rings. The lowest BCUT2D eigenvalue weighted by Gasteiger charge is -2.15. The Morgan fingerprint density at radius 2 is 1.92 bits per heavy atom. The van der Waals surface area contributed by atoms with Crippen molar-refractivity contribution in [3.8, 4) is 11.5 Å². The molecular weight excluding hydrogens is 539 g/mol. The van der Waals surface area contributed by atoms with Gasteiger partial charge in [0.05, 0.1) is 17.7 Å². The molecule has 2 amide bonds. The predicted octanol–water partition coefficient (Wildman–Crippen LogP) is 6.73. The zero-order valence-electron chi connectivity index (χ0n) is 19.2. The molecule has 0 aromatic heterocycles. The molecule has 36 heavy (non-hydrogen) atoms. The molecule has 1 aliphatic rings. The number of ether oxygens (including phenoxy) is 2. The Morgan fingerprint density at radius 3 is 2.64 bits per heavy atom. The first kappa shape index (κ1) is 26.0. The molecule has 0 aliphatic carbocycles. The first-order valence-corrected chi connectivity index (χ1v) is 12.6. The van der Waals surface area contributed by atoms with E-state index in [1.165, 1.54) is 23.8 Å². The molecule has 0 saturated carbocycles. The van der Waals surface area contributed by atoms with Gasteiger partial charge >= 0.3 is 0 Å². The highest BCUT2D eigenvalue weighted by Crippen LogP contribution is 2.38. The second-order valence-electron chi connectivity index (χ2n) is 7.71. The van der Waals surface area contributed by atoms with E-state index in [0.717, 1.165) is 5.56 Å². The number of amides is 2. The second kappa shape index (κ2) is 11.3. The van der Waals surface area contributed by atoms with Gasteiger partial charge in [0.15, 0.2) is 22.4 Å². The van der Waals surface area contributed by atoms with Crippen LogP contribution in [0.15, 0.2) is 65.6 Å². The largest absolute Gasteiger partial charge is 0.493 e. The van der Waals surface area contributed by atoms with Gasteiger partial charge in [-0.05, 0) is 66.6 Å². The molecule has 0 bridgehead atoms. The van der Waals surface area contributed by atoms with Crippen molar-refractivity contribution < 1.29 is 19.1 Å². The maximum absolute atomic E-state index is 13.1. The van der Waals surface area contributed by atoms with Crippen molar-refractivity contribution in [3.63, 3.8) is 0 Å². The third-order valence-corrected chi connectivity index (χ3v) is 7.10. The van der Waals surface area contributed by atoms with E-state index >= 15 is 0 Å². The van der Waals surface area contributed by atoms with Crippen molar-refractivity contribution in [1.29, 1.82) is 0 Å². The SMILES string of the molecule is COc1cc(/C=C2\SC(=S)N(c3ccc(C)c(Cl)c3)C2=O)ccc1OCC(=O)Nc1cccc(Cl)c1. The molecule has 1 N–H and O–H groups in total. The lowest BCUT2D eigenvalue weighted by Crippen LogP contribution is -2.27. The number of nitrogens with zero attached hydrogens (tertiary/aromatic N) is 1. The van der Waals surface area contributed by atoms with Crippen molar-refractivity contribution in [3.05, 3.63) is 86.7 Å². The summed E-state index contributed by atoms with van der Waals surface area (Å²) in [7, 11) is 1.50. The number of thiocarbonyl (C=S) groups is 1. The number of hydrogen-bond acceptors (Lipinski definition) is 6.